The van der Waals surface area contributed by atoms with Crippen LogP contribution in [0.25, 0.3) is 0 Å². The second-order valence-corrected chi connectivity index (χ2v) is 1.94. The Hall–Kier alpha value is -0.690. The number of nitriles is 1. The molecule has 0 aromatic heterocycles. The van der Waals surface area contributed by atoms with E-state index in [0.717, 1.165) is 11.8 Å². The van der Waals surface area contributed by atoms with E-state index < -0.39 is 0 Å². The van der Waals surface area contributed by atoms with E-state index in [2.05, 4.69) is 4.74 Å². The van der Waals surface area contributed by atoms with Gasteiger partial charge >= 0.3 is 5.97 Å². The first-order valence-corrected chi connectivity index (χ1v) is 3.46. The minimum atomic E-state index is -0.330. The summed E-state index contributed by atoms with van der Waals surface area (Å²) in [4.78, 5) is 10.4. The highest BCUT2D eigenvalue weighted by atomic mass is 32.2. The van der Waals surface area contributed by atoms with Crippen molar-refractivity contribution in [2.24, 2.45) is 0 Å². The largest absolute Gasteiger partial charge is 0.465 e. The lowest BCUT2D eigenvalue weighted by molar-refractivity contribution is -0.139. The number of esters is 1. The number of carbonyl (C=O) groups is 1. The molecule has 0 bridgehead atoms. The predicted molar refractivity (Wildman–Crippen MR) is 34.7 cm³/mol. The zero-order valence-electron chi connectivity index (χ0n) is 5.09. The molecule has 0 amide bonds. The van der Waals surface area contributed by atoms with Gasteiger partial charge in [0.25, 0.3) is 0 Å². The van der Waals surface area contributed by atoms with Crippen molar-refractivity contribution in [1.29, 1.82) is 5.26 Å². The summed E-state index contributed by atoms with van der Waals surface area (Å²) in [6.45, 7) is 2.11. The van der Waals surface area contributed by atoms with Gasteiger partial charge in [0, 0.05) is 0 Å². The van der Waals surface area contributed by atoms with E-state index in [9.17, 15) is 4.79 Å². The SMILES string of the molecule is CCOC(=O)CSC#N. The summed E-state index contributed by atoms with van der Waals surface area (Å²) in [6.07, 6.45) is 0. The van der Waals surface area contributed by atoms with E-state index in [1.54, 1.807) is 12.3 Å². The molecule has 0 unspecified atom stereocenters. The lowest BCUT2D eigenvalue weighted by Gasteiger charge is -1.95. The Labute approximate surface area is 58.0 Å². The molecule has 0 aliphatic heterocycles. The van der Waals surface area contributed by atoms with Gasteiger partial charge < -0.3 is 4.74 Å². The van der Waals surface area contributed by atoms with Crippen molar-refractivity contribution in [1.82, 2.24) is 0 Å². The van der Waals surface area contributed by atoms with Crippen LogP contribution in [0.5, 0.6) is 0 Å². The lowest BCUT2D eigenvalue weighted by atomic mass is 10.8. The van der Waals surface area contributed by atoms with E-state index in [1.807, 2.05) is 0 Å². The molecular formula is C5H7NO2S. The second kappa shape index (κ2) is 5.45. The third kappa shape index (κ3) is 5.18. The second-order valence-electron chi connectivity index (χ2n) is 1.18. The van der Waals surface area contributed by atoms with Gasteiger partial charge in [-0.3, -0.25) is 4.79 Å². The fraction of sp³-hybridized carbons (Fsp3) is 0.600. The van der Waals surface area contributed by atoms with Crippen LogP contribution in [-0.4, -0.2) is 18.3 Å². The smallest absolute Gasteiger partial charge is 0.316 e. The van der Waals surface area contributed by atoms with Gasteiger partial charge in [-0.15, -0.1) is 0 Å². The molecule has 0 aliphatic rings. The van der Waals surface area contributed by atoms with Gasteiger partial charge in [-0.1, -0.05) is 0 Å². The number of hydrogen-bond donors (Lipinski definition) is 0. The van der Waals surface area contributed by atoms with Crippen molar-refractivity contribution < 1.29 is 9.53 Å². The van der Waals surface area contributed by atoms with Crippen molar-refractivity contribution in [3.8, 4) is 5.40 Å². The number of rotatable bonds is 3. The van der Waals surface area contributed by atoms with Crippen LogP contribution in [0.1, 0.15) is 6.92 Å². The third-order valence-corrected chi connectivity index (χ3v) is 1.07. The summed E-state index contributed by atoms with van der Waals surface area (Å²) in [6, 6.07) is 0. The Bertz CT molecular complexity index is 129. The molecule has 0 spiro atoms. The van der Waals surface area contributed by atoms with Gasteiger partial charge in [-0.25, -0.2) is 0 Å². The summed E-state index contributed by atoms with van der Waals surface area (Å²) in [5, 5.41) is 9.76. The summed E-state index contributed by atoms with van der Waals surface area (Å²) in [5.74, 6) is -0.200. The minimum Gasteiger partial charge on any atom is -0.465 e. The van der Waals surface area contributed by atoms with Gasteiger partial charge in [-0.05, 0) is 18.7 Å². The lowest BCUT2D eigenvalue weighted by Crippen LogP contribution is -2.05. The Balaban J connectivity index is 3.19. The van der Waals surface area contributed by atoms with Crippen molar-refractivity contribution >= 4 is 17.7 Å². The minimum absolute atomic E-state index is 0.129. The number of ether oxygens (including phenoxy) is 1. The summed E-state index contributed by atoms with van der Waals surface area (Å²) in [7, 11) is 0. The Kier molecular flexibility index (Phi) is 5.03. The molecule has 0 aromatic carbocycles. The maximum atomic E-state index is 10.4. The molecule has 0 radical (unpaired) electrons. The van der Waals surface area contributed by atoms with Crippen molar-refractivity contribution in [3.63, 3.8) is 0 Å². The number of hydrogen-bond acceptors (Lipinski definition) is 4. The maximum Gasteiger partial charge on any atom is 0.316 e. The zero-order valence-corrected chi connectivity index (χ0v) is 5.90. The highest BCUT2D eigenvalue weighted by Gasteiger charge is 1.98. The normalized spacial score (nSPS) is 8.00. The highest BCUT2D eigenvalue weighted by Crippen LogP contribution is 1.95. The summed E-state index contributed by atoms with van der Waals surface area (Å²) in [5.41, 5.74) is 0. The molecule has 0 saturated carbocycles. The third-order valence-electron chi connectivity index (χ3n) is 0.560. The molecule has 0 atom stereocenters. The quantitative estimate of drug-likeness (QED) is 0.434. The van der Waals surface area contributed by atoms with Gasteiger partial charge in [0.15, 0.2) is 0 Å². The average Bonchev–Trinajstić information content (AvgIpc) is 1.85. The first-order chi connectivity index (χ1) is 4.31. The van der Waals surface area contributed by atoms with Crippen LogP contribution in [0.15, 0.2) is 0 Å². The molecule has 0 aromatic rings. The Morgan fingerprint density at radius 2 is 2.56 bits per heavy atom. The molecule has 0 heterocycles. The summed E-state index contributed by atoms with van der Waals surface area (Å²) < 4.78 is 4.53. The maximum absolute atomic E-state index is 10.4. The van der Waals surface area contributed by atoms with Crippen molar-refractivity contribution in [2.45, 2.75) is 6.92 Å². The molecular weight excluding hydrogens is 138 g/mol. The zero-order chi connectivity index (χ0) is 7.11. The van der Waals surface area contributed by atoms with Crippen LogP contribution >= 0.6 is 11.8 Å². The monoisotopic (exact) mass is 145 g/mol. The Morgan fingerprint density at radius 3 is 3.00 bits per heavy atom. The topological polar surface area (TPSA) is 50.1 Å². The van der Waals surface area contributed by atoms with E-state index >= 15 is 0 Å². The van der Waals surface area contributed by atoms with Crippen LogP contribution in [-0.2, 0) is 9.53 Å². The van der Waals surface area contributed by atoms with E-state index in [1.165, 1.54) is 0 Å². The van der Waals surface area contributed by atoms with E-state index in [-0.39, 0.29) is 11.7 Å². The van der Waals surface area contributed by atoms with Gasteiger partial charge in [-0.2, -0.15) is 5.26 Å². The molecule has 0 fully saturated rings. The molecule has 0 aliphatic carbocycles. The van der Waals surface area contributed by atoms with Gasteiger partial charge in [0.05, 0.1) is 6.61 Å². The average molecular weight is 145 g/mol. The van der Waals surface area contributed by atoms with Crippen LogP contribution in [0, 0.1) is 10.7 Å². The van der Waals surface area contributed by atoms with Gasteiger partial charge in [0.2, 0.25) is 0 Å². The molecule has 50 valence electrons. The van der Waals surface area contributed by atoms with Crippen LogP contribution in [0.4, 0.5) is 0 Å². The van der Waals surface area contributed by atoms with Crippen LogP contribution in [0.3, 0.4) is 0 Å². The van der Waals surface area contributed by atoms with Crippen molar-refractivity contribution in [3.05, 3.63) is 0 Å². The van der Waals surface area contributed by atoms with E-state index in [0.29, 0.717) is 6.61 Å². The van der Waals surface area contributed by atoms with Crippen LogP contribution in [0.2, 0.25) is 0 Å². The predicted octanol–water partition coefficient (Wildman–Crippen LogP) is 0.764. The molecule has 0 rings (SSSR count). The van der Waals surface area contributed by atoms with Gasteiger partial charge in [0.1, 0.15) is 11.2 Å². The number of thiocyanates is 1. The number of thioether (sulfide) groups is 1. The first kappa shape index (κ1) is 8.31. The molecule has 9 heavy (non-hydrogen) atoms. The molecule has 0 N–H and O–H groups in total. The molecule has 3 nitrogen and oxygen atoms in total. The van der Waals surface area contributed by atoms with Crippen molar-refractivity contribution in [2.75, 3.05) is 12.4 Å². The fourth-order valence-corrected chi connectivity index (χ4v) is 0.560. The number of nitrogens with zero attached hydrogens (tertiary/aromatic N) is 1. The Morgan fingerprint density at radius 1 is 1.89 bits per heavy atom. The fourth-order valence-electron chi connectivity index (χ4n) is 0.294. The molecule has 0 saturated heterocycles. The first-order valence-electron chi connectivity index (χ1n) is 2.47. The molecule has 4 heteroatoms. The summed E-state index contributed by atoms with van der Waals surface area (Å²) >= 11 is 0.887. The standard InChI is InChI=1S/C5H7NO2S/c1-2-8-5(7)3-9-4-6/h2-3H2,1H3. The highest BCUT2D eigenvalue weighted by molar-refractivity contribution is 8.04. The van der Waals surface area contributed by atoms with Crippen LogP contribution < -0.4 is 0 Å². The number of carbonyl (C=O) groups excluding carboxylic acids is 1. The van der Waals surface area contributed by atoms with E-state index in [4.69, 9.17) is 5.26 Å².